The van der Waals surface area contributed by atoms with E-state index in [9.17, 15) is 4.79 Å². The van der Waals surface area contributed by atoms with E-state index in [4.69, 9.17) is 16.3 Å². The van der Waals surface area contributed by atoms with Crippen LogP contribution in [0.4, 0.5) is 0 Å². The highest BCUT2D eigenvalue weighted by Gasteiger charge is 2.09. The Hall–Kier alpha value is -0.540. The third kappa shape index (κ3) is 1.30. The summed E-state index contributed by atoms with van der Waals surface area (Å²) in [6, 6.07) is 1.71. The Kier molecular flexibility index (Phi) is 2.29. The van der Waals surface area contributed by atoms with Gasteiger partial charge in [0.25, 0.3) is 5.24 Å². The van der Waals surface area contributed by atoms with Crippen molar-refractivity contribution < 1.29 is 9.53 Å². The summed E-state index contributed by atoms with van der Waals surface area (Å²) in [4.78, 5) is 11.0. The predicted molar refractivity (Wildman–Crippen MR) is 41.1 cm³/mol. The van der Waals surface area contributed by atoms with Gasteiger partial charge in [-0.15, -0.1) is 11.3 Å². The maximum Gasteiger partial charge on any atom is 0.266 e. The Labute approximate surface area is 67.4 Å². The van der Waals surface area contributed by atoms with Crippen molar-refractivity contribution in [3.8, 4) is 5.75 Å². The predicted octanol–water partition coefficient (Wildman–Crippen LogP) is 2.14. The standard InChI is InChI=1S/C6H5ClO2S/c1-9-4-2-3-10-5(4)6(7)8/h2-3H,1H3. The maximum atomic E-state index is 10.6. The average molecular weight is 177 g/mol. The van der Waals surface area contributed by atoms with Gasteiger partial charge in [-0.1, -0.05) is 0 Å². The van der Waals surface area contributed by atoms with Gasteiger partial charge in [-0.25, -0.2) is 0 Å². The lowest BCUT2D eigenvalue weighted by molar-refractivity contribution is 0.108. The number of ether oxygens (including phenoxy) is 1. The van der Waals surface area contributed by atoms with Crippen molar-refractivity contribution in [2.45, 2.75) is 0 Å². The molecule has 0 bridgehead atoms. The zero-order chi connectivity index (χ0) is 7.56. The summed E-state index contributed by atoms with van der Waals surface area (Å²) in [6.07, 6.45) is 0. The van der Waals surface area contributed by atoms with Gasteiger partial charge in [0.15, 0.2) is 0 Å². The highest BCUT2D eigenvalue weighted by atomic mass is 35.5. The third-order valence-corrected chi connectivity index (χ3v) is 2.22. The number of rotatable bonds is 2. The molecular formula is C6H5ClO2S. The first-order chi connectivity index (χ1) is 4.75. The van der Waals surface area contributed by atoms with Crippen molar-refractivity contribution in [2.24, 2.45) is 0 Å². The van der Waals surface area contributed by atoms with E-state index in [2.05, 4.69) is 0 Å². The minimum atomic E-state index is -0.466. The van der Waals surface area contributed by atoms with Gasteiger partial charge in [-0.2, -0.15) is 0 Å². The van der Waals surface area contributed by atoms with E-state index in [1.807, 2.05) is 0 Å². The molecule has 0 aliphatic heterocycles. The van der Waals surface area contributed by atoms with Gasteiger partial charge in [-0.05, 0) is 23.0 Å². The van der Waals surface area contributed by atoms with E-state index in [-0.39, 0.29) is 0 Å². The highest BCUT2D eigenvalue weighted by Crippen LogP contribution is 2.25. The summed E-state index contributed by atoms with van der Waals surface area (Å²) in [6.45, 7) is 0. The molecule has 0 fully saturated rings. The molecule has 0 N–H and O–H groups in total. The molecule has 0 radical (unpaired) electrons. The molecule has 1 heterocycles. The molecule has 54 valence electrons. The molecule has 1 rings (SSSR count). The molecule has 0 atom stereocenters. The largest absolute Gasteiger partial charge is 0.495 e. The quantitative estimate of drug-likeness (QED) is 0.646. The van der Waals surface area contributed by atoms with Gasteiger partial charge < -0.3 is 4.74 Å². The molecule has 0 spiro atoms. The van der Waals surface area contributed by atoms with Crippen molar-refractivity contribution in [2.75, 3.05) is 7.11 Å². The first-order valence-corrected chi connectivity index (χ1v) is 3.82. The SMILES string of the molecule is COc1ccsc1C(=O)Cl. The summed E-state index contributed by atoms with van der Waals surface area (Å²) >= 11 is 6.50. The van der Waals surface area contributed by atoms with Crippen molar-refractivity contribution in [3.05, 3.63) is 16.3 Å². The number of thiophene rings is 1. The van der Waals surface area contributed by atoms with Gasteiger partial charge in [0.1, 0.15) is 10.6 Å². The number of carbonyl (C=O) groups is 1. The molecule has 2 nitrogen and oxygen atoms in total. The molecule has 0 saturated carbocycles. The summed E-state index contributed by atoms with van der Waals surface area (Å²) in [5.41, 5.74) is 0. The van der Waals surface area contributed by atoms with Crippen LogP contribution < -0.4 is 4.74 Å². The lowest BCUT2D eigenvalue weighted by Crippen LogP contribution is -1.88. The summed E-state index contributed by atoms with van der Waals surface area (Å²) < 4.78 is 4.85. The monoisotopic (exact) mass is 176 g/mol. The van der Waals surface area contributed by atoms with Gasteiger partial charge in [0.05, 0.1) is 7.11 Å². The third-order valence-electron chi connectivity index (χ3n) is 1.03. The fourth-order valence-electron chi connectivity index (χ4n) is 0.602. The minimum Gasteiger partial charge on any atom is -0.495 e. The van der Waals surface area contributed by atoms with E-state index in [1.54, 1.807) is 11.4 Å². The minimum absolute atomic E-state index is 0.462. The molecule has 1 aromatic heterocycles. The Morgan fingerprint density at radius 3 is 2.90 bits per heavy atom. The zero-order valence-corrected chi connectivity index (χ0v) is 6.83. The molecule has 4 heteroatoms. The lowest BCUT2D eigenvalue weighted by Gasteiger charge is -1.94. The van der Waals surface area contributed by atoms with Crippen LogP contribution >= 0.6 is 22.9 Å². The van der Waals surface area contributed by atoms with Crippen LogP contribution in [-0.2, 0) is 0 Å². The van der Waals surface area contributed by atoms with Gasteiger partial charge in [-0.3, -0.25) is 4.79 Å². The Morgan fingerprint density at radius 1 is 1.80 bits per heavy atom. The topological polar surface area (TPSA) is 26.3 Å². The lowest BCUT2D eigenvalue weighted by atomic mass is 10.4. The van der Waals surface area contributed by atoms with Gasteiger partial charge in [0.2, 0.25) is 0 Å². The smallest absolute Gasteiger partial charge is 0.266 e. The maximum absolute atomic E-state index is 10.6. The average Bonchev–Trinajstić information content (AvgIpc) is 2.33. The Balaban J connectivity index is 3.01. The Bertz CT molecular complexity index is 244. The van der Waals surface area contributed by atoms with Crippen LogP contribution in [0.25, 0.3) is 0 Å². The van der Waals surface area contributed by atoms with E-state index in [0.29, 0.717) is 10.6 Å². The van der Waals surface area contributed by atoms with Crippen LogP contribution in [-0.4, -0.2) is 12.4 Å². The second-order valence-electron chi connectivity index (χ2n) is 1.59. The van der Waals surface area contributed by atoms with Gasteiger partial charge >= 0.3 is 0 Å². The number of methoxy groups -OCH3 is 1. The Morgan fingerprint density at radius 2 is 2.50 bits per heavy atom. The molecule has 0 aliphatic carbocycles. The van der Waals surface area contributed by atoms with Crippen molar-refractivity contribution in [1.82, 2.24) is 0 Å². The van der Waals surface area contributed by atoms with Crippen LogP contribution in [0.15, 0.2) is 11.4 Å². The second-order valence-corrected chi connectivity index (χ2v) is 2.85. The zero-order valence-electron chi connectivity index (χ0n) is 5.26. The second kappa shape index (κ2) is 3.03. The van der Waals surface area contributed by atoms with E-state index in [1.165, 1.54) is 18.4 Å². The van der Waals surface area contributed by atoms with Crippen LogP contribution in [0.1, 0.15) is 9.67 Å². The number of carbonyl (C=O) groups excluding carboxylic acids is 1. The molecule has 0 aromatic carbocycles. The summed E-state index contributed by atoms with van der Waals surface area (Å²) in [5.74, 6) is 0.546. The summed E-state index contributed by atoms with van der Waals surface area (Å²) in [5, 5.41) is 1.29. The van der Waals surface area contributed by atoms with E-state index >= 15 is 0 Å². The molecule has 0 saturated heterocycles. The van der Waals surface area contributed by atoms with Crippen LogP contribution in [0.2, 0.25) is 0 Å². The van der Waals surface area contributed by atoms with Gasteiger partial charge in [0, 0.05) is 0 Å². The fraction of sp³-hybridized carbons (Fsp3) is 0.167. The number of hydrogen-bond donors (Lipinski definition) is 0. The molecule has 1 aromatic rings. The first kappa shape index (κ1) is 7.57. The van der Waals surface area contributed by atoms with E-state index in [0.717, 1.165) is 0 Å². The highest BCUT2D eigenvalue weighted by molar-refractivity contribution is 7.14. The molecule has 10 heavy (non-hydrogen) atoms. The van der Waals surface area contributed by atoms with Crippen molar-refractivity contribution >= 4 is 28.2 Å². The van der Waals surface area contributed by atoms with Crippen LogP contribution in [0.5, 0.6) is 5.75 Å². The normalized spacial score (nSPS) is 9.40. The molecule has 0 aliphatic rings. The van der Waals surface area contributed by atoms with Crippen molar-refractivity contribution in [1.29, 1.82) is 0 Å². The fourth-order valence-corrected chi connectivity index (χ4v) is 1.52. The van der Waals surface area contributed by atoms with Crippen LogP contribution in [0, 0.1) is 0 Å². The number of halogens is 1. The summed E-state index contributed by atoms with van der Waals surface area (Å²) in [7, 11) is 1.51. The van der Waals surface area contributed by atoms with E-state index < -0.39 is 5.24 Å². The number of hydrogen-bond acceptors (Lipinski definition) is 3. The van der Waals surface area contributed by atoms with Crippen molar-refractivity contribution in [3.63, 3.8) is 0 Å². The molecule has 0 amide bonds. The first-order valence-electron chi connectivity index (χ1n) is 2.57. The van der Waals surface area contributed by atoms with Crippen LogP contribution in [0.3, 0.4) is 0 Å². The molecule has 0 unspecified atom stereocenters. The molecular weight excluding hydrogens is 172 g/mol.